The zero-order valence-corrected chi connectivity index (χ0v) is 16.4. The summed E-state index contributed by atoms with van der Waals surface area (Å²) in [6, 6.07) is 0. The van der Waals surface area contributed by atoms with Crippen LogP contribution in [0.2, 0.25) is 0 Å². The van der Waals surface area contributed by atoms with Gasteiger partial charge in [-0.25, -0.2) is 4.79 Å². The molecule has 2 heterocycles. The quantitative estimate of drug-likeness (QED) is 0.615. The second-order valence-electron chi connectivity index (χ2n) is 8.20. The molecule has 0 unspecified atom stereocenters. The van der Waals surface area contributed by atoms with E-state index in [1.54, 1.807) is 19.1 Å². The van der Waals surface area contributed by atoms with Crippen molar-refractivity contribution in [3.05, 3.63) is 41.9 Å². The van der Waals surface area contributed by atoms with E-state index in [-0.39, 0.29) is 24.0 Å². The molecule has 3 rings (SSSR count). The van der Waals surface area contributed by atoms with Gasteiger partial charge in [0, 0.05) is 6.42 Å². The van der Waals surface area contributed by atoms with Crippen LogP contribution in [-0.2, 0) is 14.3 Å². The van der Waals surface area contributed by atoms with E-state index in [4.69, 9.17) is 9.47 Å². The van der Waals surface area contributed by atoms with Gasteiger partial charge in [-0.3, -0.25) is 0 Å². The molecule has 4 nitrogen and oxygen atoms in total. The summed E-state index contributed by atoms with van der Waals surface area (Å²) in [5, 5.41) is 11.1. The molecule has 0 amide bonds. The van der Waals surface area contributed by atoms with Crippen molar-refractivity contribution in [2.75, 3.05) is 6.61 Å². The van der Waals surface area contributed by atoms with Crippen LogP contribution in [0.1, 0.15) is 47.5 Å². The number of hydrogen-bond acceptors (Lipinski definition) is 4. The van der Waals surface area contributed by atoms with Gasteiger partial charge in [-0.2, -0.15) is 0 Å². The lowest BCUT2D eigenvalue weighted by Crippen LogP contribution is -2.39. The summed E-state index contributed by atoms with van der Waals surface area (Å²) < 4.78 is 11.2. The first-order valence-corrected chi connectivity index (χ1v) is 9.63. The van der Waals surface area contributed by atoms with Crippen molar-refractivity contribution < 1.29 is 19.4 Å². The first kappa shape index (κ1) is 19.4. The number of ether oxygens (including phenoxy) is 2. The van der Waals surface area contributed by atoms with E-state index < -0.39 is 17.4 Å². The van der Waals surface area contributed by atoms with Gasteiger partial charge in [-0.05, 0) is 63.4 Å². The number of carbonyl (C=O) groups is 1. The maximum Gasteiger partial charge on any atom is 0.339 e. The summed E-state index contributed by atoms with van der Waals surface area (Å²) in [6.07, 6.45) is 12.7. The highest BCUT2D eigenvalue weighted by atomic mass is 16.6. The molecule has 2 radical (unpaired) electrons. The van der Waals surface area contributed by atoms with Crippen LogP contribution in [0, 0.1) is 30.1 Å². The van der Waals surface area contributed by atoms with Gasteiger partial charge in [0.1, 0.15) is 0 Å². The highest BCUT2D eigenvalue weighted by molar-refractivity contribution is 5.91. The Kier molecular flexibility index (Phi) is 5.19. The van der Waals surface area contributed by atoms with E-state index >= 15 is 0 Å². The standard InChI is InChI=1S/C22H30O4/c1-6-25-20(23)19-13-18-16(14(2)3)8-7-15(4)17(18)9-10-21(5)11-12-22(19,24)26-21/h7,11-14,16-18,24H,6,8-9H2,1-5H3/b19-13-/t16-,17+,18+,21+,22-/m1/s1. The van der Waals surface area contributed by atoms with Crippen LogP contribution < -0.4 is 0 Å². The molecular weight excluding hydrogens is 328 g/mol. The highest BCUT2D eigenvalue weighted by Crippen LogP contribution is 2.47. The molecule has 0 spiro atoms. The summed E-state index contributed by atoms with van der Waals surface area (Å²) >= 11 is 0. The van der Waals surface area contributed by atoms with E-state index in [9.17, 15) is 9.90 Å². The summed E-state index contributed by atoms with van der Waals surface area (Å²) in [5.41, 5.74) is 0.690. The predicted molar refractivity (Wildman–Crippen MR) is 99.8 cm³/mol. The molecule has 2 aliphatic heterocycles. The number of esters is 1. The minimum Gasteiger partial charge on any atom is -0.462 e. The molecule has 1 N–H and O–H groups in total. The van der Waals surface area contributed by atoms with Gasteiger partial charge in [-0.1, -0.05) is 37.6 Å². The van der Waals surface area contributed by atoms with Gasteiger partial charge in [0.2, 0.25) is 5.79 Å². The minimum absolute atomic E-state index is 0.135. The maximum absolute atomic E-state index is 12.7. The molecule has 0 fully saturated rings. The first-order chi connectivity index (χ1) is 12.2. The fourth-order valence-corrected chi connectivity index (χ4v) is 4.44. The summed E-state index contributed by atoms with van der Waals surface area (Å²) in [6.45, 7) is 10.5. The third kappa shape index (κ3) is 3.41. The largest absolute Gasteiger partial charge is 0.462 e. The number of rotatable bonds is 3. The van der Waals surface area contributed by atoms with E-state index in [2.05, 4.69) is 33.3 Å². The van der Waals surface area contributed by atoms with E-state index in [1.807, 2.05) is 13.0 Å². The molecule has 2 bridgehead atoms. The van der Waals surface area contributed by atoms with Crippen molar-refractivity contribution in [1.82, 2.24) is 0 Å². The van der Waals surface area contributed by atoms with Gasteiger partial charge in [0.05, 0.1) is 17.8 Å². The van der Waals surface area contributed by atoms with Crippen LogP contribution in [0.3, 0.4) is 0 Å². The van der Waals surface area contributed by atoms with Crippen molar-refractivity contribution in [2.45, 2.75) is 58.8 Å². The Morgan fingerprint density at radius 2 is 2.19 bits per heavy atom. The number of carbonyl (C=O) groups excluding carboxylic acids is 1. The van der Waals surface area contributed by atoms with Gasteiger partial charge in [0.15, 0.2) is 0 Å². The maximum atomic E-state index is 12.7. The summed E-state index contributed by atoms with van der Waals surface area (Å²) in [5.74, 6) is -1.04. The van der Waals surface area contributed by atoms with Gasteiger partial charge >= 0.3 is 5.97 Å². The van der Waals surface area contributed by atoms with Crippen molar-refractivity contribution in [2.24, 2.45) is 23.7 Å². The Bertz CT molecular complexity index is 659. The number of fused-ring (bicyclic) bond motifs is 3. The van der Waals surface area contributed by atoms with Crippen LogP contribution in [0.25, 0.3) is 0 Å². The smallest absolute Gasteiger partial charge is 0.339 e. The molecule has 0 aromatic heterocycles. The molecule has 0 saturated carbocycles. The monoisotopic (exact) mass is 358 g/mol. The van der Waals surface area contributed by atoms with Crippen LogP contribution in [0.5, 0.6) is 0 Å². The van der Waals surface area contributed by atoms with Gasteiger partial charge < -0.3 is 14.6 Å². The van der Waals surface area contributed by atoms with E-state index in [1.165, 1.54) is 5.57 Å². The molecule has 1 aliphatic carbocycles. The van der Waals surface area contributed by atoms with Crippen LogP contribution in [-0.4, -0.2) is 29.1 Å². The molecule has 0 aromatic carbocycles. The topological polar surface area (TPSA) is 55.8 Å². The van der Waals surface area contributed by atoms with Crippen molar-refractivity contribution in [1.29, 1.82) is 0 Å². The van der Waals surface area contributed by atoms with Crippen molar-refractivity contribution in [3.63, 3.8) is 0 Å². The van der Waals surface area contributed by atoms with E-state index in [0.717, 1.165) is 12.8 Å². The SMILES string of the molecule is CCOC(=O)/C1=C/[C@H]2[C@@H](C(C)C)CC=C(C)[C@@H]2C[C][C@@]2(C)C=C[C@@]1(O)O2. The number of aliphatic hydroxyl groups is 1. The Balaban J connectivity index is 2.12. The Morgan fingerprint density at radius 3 is 2.85 bits per heavy atom. The average Bonchev–Trinajstić information content (AvgIpc) is 2.89. The average molecular weight is 358 g/mol. The fourth-order valence-electron chi connectivity index (χ4n) is 4.44. The molecule has 0 aromatic rings. The Hall–Kier alpha value is -1.39. The Morgan fingerprint density at radius 1 is 1.46 bits per heavy atom. The van der Waals surface area contributed by atoms with Gasteiger partial charge in [0.25, 0.3) is 0 Å². The van der Waals surface area contributed by atoms with E-state index in [0.29, 0.717) is 11.8 Å². The summed E-state index contributed by atoms with van der Waals surface area (Å²) in [7, 11) is 0. The molecular formula is C22H30O4. The molecule has 26 heavy (non-hydrogen) atoms. The lowest BCUT2D eigenvalue weighted by Gasteiger charge is -2.39. The molecule has 3 aliphatic rings. The molecule has 142 valence electrons. The summed E-state index contributed by atoms with van der Waals surface area (Å²) in [4.78, 5) is 12.7. The zero-order chi connectivity index (χ0) is 19.1. The second kappa shape index (κ2) is 6.97. The fraction of sp³-hybridized carbons (Fsp3) is 0.636. The normalized spacial score (nSPS) is 41.4. The lowest BCUT2D eigenvalue weighted by molar-refractivity contribution is -0.178. The number of hydrogen-bond donors (Lipinski definition) is 1. The highest BCUT2D eigenvalue weighted by Gasteiger charge is 2.49. The van der Waals surface area contributed by atoms with Crippen LogP contribution in [0.4, 0.5) is 0 Å². The molecule has 5 atom stereocenters. The minimum atomic E-state index is -1.76. The molecule has 4 heteroatoms. The first-order valence-electron chi connectivity index (χ1n) is 9.63. The number of allylic oxidation sites excluding steroid dienone is 3. The van der Waals surface area contributed by atoms with Gasteiger partial charge in [-0.15, -0.1) is 0 Å². The Labute approximate surface area is 156 Å². The van der Waals surface area contributed by atoms with Crippen LogP contribution in [0.15, 0.2) is 35.5 Å². The third-order valence-electron chi connectivity index (χ3n) is 6.02. The van der Waals surface area contributed by atoms with Crippen LogP contribution >= 0.6 is 0 Å². The predicted octanol–water partition coefficient (Wildman–Crippen LogP) is 3.85. The van der Waals surface area contributed by atoms with Crippen molar-refractivity contribution in [3.8, 4) is 0 Å². The third-order valence-corrected chi connectivity index (χ3v) is 6.02. The second-order valence-corrected chi connectivity index (χ2v) is 8.20. The lowest BCUT2D eigenvalue weighted by atomic mass is 9.65. The van der Waals surface area contributed by atoms with Crippen molar-refractivity contribution >= 4 is 5.97 Å². The molecule has 0 saturated heterocycles. The zero-order valence-electron chi connectivity index (χ0n) is 16.4.